The van der Waals surface area contributed by atoms with Crippen LogP contribution in [-0.4, -0.2) is 190 Å². The van der Waals surface area contributed by atoms with Gasteiger partial charge in [0.05, 0.1) is 39.6 Å². The van der Waals surface area contributed by atoms with Gasteiger partial charge in [-0.3, -0.25) is 0 Å². The zero-order valence-corrected chi connectivity index (χ0v) is 21.8. The van der Waals surface area contributed by atoms with Gasteiger partial charge in [0.1, 0.15) is 48.8 Å². The smallest absolute Gasteiger partial charge is 0.319 e. The van der Waals surface area contributed by atoms with E-state index in [1.54, 1.807) is 0 Å². The van der Waals surface area contributed by atoms with E-state index in [4.69, 9.17) is 18.9 Å². The summed E-state index contributed by atoms with van der Waals surface area (Å²) in [4.78, 5) is 28.3. The van der Waals surface area contributed by atoms with E-state index in [1.165, 1.54) is 9.80 Å². The van der Waals surface area contributed by atoms with Crippen LogP contribution in [0.2, 0.25) is 0 Å². The van der Waals surface area contributed by atoms with Crippen molar-refractivity contribution in [2.24, 2.45) is 0 Å². The number of carbonyl (C=O) groups is 2. The average Bonchev–Trinajstić information content (AvgIpc) is 2.93. The minimum Gasteiger partial charge on any atom is -0.394 e. The van der Waals surface area contributed by atoms with Gasteiger partial charge in [0.25, 0.3) is 0 Å². The first-order chi connectivity index (χ1) is 19.1. The molecule has 0 unspecified atom stereocenters. The fourth-order valence-corrected chi connectivity index (χ4v) is 4.40. The lowest BCUT2D eigenvalue weighted by atomic mass is 9.98. The number of carbonyl (C=O) groups excluding carboxylic acids is 2. The van der Waals surface area contributed by atoms with Crippen molar-refractivity contribution in [2.45, 2.75) is 61.3 Å². The Morgan fingerprint density at radius 1 is 0.575 bits per heavy atom. The molecule has 0 aromatic heterocycles. The molecule has 10 N–H and O–H groups in total. The molecule has 40 heavy (non-hydrogen) atoms. The van der Waals surface area contributed by atoms with Gasteiger partial charge in [-0.2, -0.15) is 0 Å². The number of urea groups is 2. The second-order valence-electron chi connectivity index (χ2n) is 9.60. The monoisotopic (exact) mass is 584 g/mol. The molecule has 0 aliphatic carbocycles. The molecule has 0 aromatic carbocycles. The van der Waals surface area contributed by atoms with Gasteiger partial charge >= 0.3 is 12.1 Å². The molecule has 0 radical (unpaired) electrons. The van der Waals surface area contributed by atoms with Crippen molar-refractivity contribution in [3.63, 3.8) is 0 Å². The first-order valence-corrected chi connectivity index (χ1v) is 13.0. The maximum atomic E-state index is 12.8. The zero-order chi connectivity index (χ0) is 29.4. The van der Waals surface area contributed by atoms with Gasteiger partial charge in [0.15, 0.2) is 12.5 Å². The van der Waals surface area contributed by atoms with Crippen LogP contribution in [0.4, 0.5) is 9.59 Å². The summed E-state index contributed by atoms with van der Waals surface area (Å²) in [5, 5.41) is 83.5. The average molecular weight is 585 g/mol. The number of aliphatic hydroxyl groups excluding tert-OH is 8. The lowest BCUT2D eigenvalue weighted by Crippen LogP contribution is -2.64. The Morgan fingerprint density at radius 3 is 1.20 bits per heavy atom. The van der Waals surface area contributed by atoms with E-state index in [1.807, 2.05) is 0 Å². The highest BCUT2D eigenvalue weighted by Gasteiger charge is 2.45. The van der Waals surface area contributed by atoms with Gasteiger partial charge in [-0.05, 0) is 0 Å². The van der Waals surface area contributed by atoms with Crippen molar-refractivity contribution in [2.75, 3.05) is 65.8 Å². The summed E-state index contributed by atoms with van der Waals surface area (Å²) in [6.07, 6.45) is -14.8. The summed E-state index contributed by atoms with van der Waals surface area (Å²) in [5.41, 5.74) is 0. The Balaban J connectivity index is 1.50. The minimum absolute atomic E-state index is 0.0598. The Kier molecular flexibility index (Phi) is 12.5. The van der Waals surface area contributed by atoms with Crippen molar-refractivity contribution < 1.29 is 69.4 Å². The molecule has 0 aromatic rings. The first-order valence-electron chi connectivity index (χ1n) is 13.0. The molecule has 3 fully saturated rings. The molecule has 3 aliphatic heterocycles. The SMILES string of the molecule is O=C(N[C@@H]1O[C@H](CO)[C@@H](O)[C@H](O)[C@H]1O)N1CCOCCN(C(=O)N[C@@H]2O[C@H](CO)[C@@H](O)[C@H](O)[C@H]2O)CCOCC1. The van der Waals surface area contributed by atoms with Crippen LogP contribution in [0.5, 0.6) is 0 Å². The summed E-state index contributed by atoms with van der Waals surface area (Å²) in [5.74, 6) is 0. The van der Waals surface area contributed by atoms with Gasteiger partial charge in [0.2, 0.25) is 0 Å². The van der Waals surface area contributed by atoms with E-state index in [0.717, 1.165) is 0 Å². The fraction of sp³-hybridized carbons (Fsp3) is 0.909. The Hall–Kier alpha value is -1.94. The van der Waals surface area contributed by atoms with E-state index in [0.29, 0.717) is 0 Å². The number of aliphatic hydroxyl groups is 8. The topological polar surface area (TPSA) is 263 Å². The van der Waals surface area contributed by atoms with Crippen molar-refractivity contribution in [1.82, 2.24) is 20.4 Å². The van der Waals surface area contributed by atoms with Crippen molar-refractivity contribution in [3.05, 3.63) is 0 Å². The number of amides is 4. The molecule has 3 aliphatic rings. The molecule has 3 rings (SSSR count). The highest BCUT2D eigenvalue weighted by atomic mass is 16.6. The van der Waals surface area contributed by atoms with E-state index in [-0.39, 0.29) is 52.6 Å². The zero-order valence-electron chi connectivity index (χ0n) is 21.8. The second-order valence-corrected chi connectivity index (χ2v) is 9.60. The molecular weight excluding hydrogens is 544 g/mol. The molecule has 3 saturated heterocycles. The van der Waals surface area contributed by atoms with Gasteiger partial charge < -0.3 is 80.2 Å². The van der Waals surface area contributed by atoms with Crippen LogP contribution in [0.1, 0.15) is 0 Å². The largest absolute Gasteiger partial charge is 0.394 e. The Bertz CT molecular complexity index is 733. The van der Waals surface area contributed by atoms with Crippen molar-refractivity contribution in [1.29, 1.82) is 0 Å². The number of nitrogens with zero attached hydrogens (tertiary/aromatic N) is 2. The minimum atomic E-state index is -1.64. The highest BCUT2D eigenvalue weighted by Crippen LogP contribution is 2.21. The molecule has 3 heterocycles. The van der Waals surface area contributed by atoms with Gasteiger partial charge in [-0.1, -0.05) is 0 Å². The predicted octanol–water partition coefficient (Wildman–Crippen LogP) is -6.34. The summed E-state index contributed by atoms with van der Waals surface area (Å²) >= 11 is 0. The molecule has 18 heteroatoms. The highest BCUT2D eigenvalue weighted by molar-refractivity contribution is 5.75. The molecule has 4 amide bonds. The quantitative estimate of drug-likeness (QED) is 0.147. The maximum absolute atomic E-state index is 12.8. The molecule has 18 nitrogen and oxygen atoms in total. The van der Waals surface area contributed by atoms with Crippen LogP contribution < -0.4 is 10.6 Å². The standard InChI is InChI=1S/C22H40N4O14/c27-9-11-13(29)15(31)17(33)19(39-11)23-21(35)25-1-5-37-7-3-26(4-8-38-6-2-25)22(36)24-20-18(34)16(32)14(30)12(10-28)40-20/h11-20,27-34H,1-10H2,(H,23,35)(H,24,36)/t11-,12-,13-,14-,15+,16+,17-,18-,19-,20-/m1/s1. The Labute approximate surface area is 229 Å². The van der Waals surface area contributed by atoms with E-state index in [2.05, 4.69) is 10.6 Å². The van der Waals surface area contributed by atoms with Crippen LogP contribution in [-0.2, 0) is 18.9 Å². The van der Waals surface area contributed by atoms with Crippen LogP contribution in [0.25, 0.3) is 0 Å². The number of hydrogen-bond donors (Lipinski definition) is 10. The molecule has 10 atom stereocenters. The summed E-state index contributed by atoms with van der Waals surface area (Å²) in [6.45, 7) is -0.690. The normalized spacial score (nSPS) is 38.6. The number of rotatable bonds is 4. The third kappa shape index (κ3) is 8.08. The third-order valence-electron chi connectivity index (χ3n) is 6.91. The lowest BCUT2D eigenvalue weighted by molar-refractivity contribution is -0.233. The maximum Gasteiger partial charge on any atom is 0.319 e. The van der Waals surface area contributed by atoms with Crippen molar-refractivity contribution in [3.8, 4) is 0 Å². The summed E-state index contributed by atoms with van der Waals surface area (Å²) < 4.78 is 21.7. The predicted molar refractivity (Wildman–Crippen MR) is 129 cm³/mol. The molecular formula is C22H40N4O14. The second kappa shape index (κ2) is 15.3. The lowest BCUT2D eigenvalue weighted by Gasteiger charge is -2.40. The summed E-state index contributed by atoms with van der Waals surface area (Å²) in [6, 6.07) is -1.34. The molecule has 0 bridgehead atoms. The van der Waals surface area contributed by atoms with Crippen molar-refractivity contribution >= 4 is 12.1 Å². The van der Waals surface area contributed by atoms with Gasteiger partial charge in [-0.25, -0.2) is 9.59 Å². The Morgan fingerprint density at radius 2 is 0.900 bits per heavy atom. The van der Waals surface area contributed by atoms with Crippen LogP contribution in [0, 0.1) is 0 Å². The van der Waals surface area contributed by atoms with Crippen LogP contribution in [0.3, 0.4) is 0 Å². The van der Waals surface area contributed by atoms with E-state index in [9.17, 15) is 50.4 Å². The van der Waals surface area contributed by atoms with Gasteiger partial charge in [-0.15, -0.1) is 0 Å². The number of ether oxygens (including phenoxy) is 4. The third-order valence-corrected chi connectivity index (χ3v) is 6.91. The fourth-order valence-electron chi connectivity index (χ4n) is 4.40. The molecule has 0 spiro atoms. The molecule has 232 valence electrons. The first kappa shape index (κ1) is 32.6. The van der Waals surface area contributed by atoms with E-state index < -0.39 is 86.6 Å². The number of nitrogens with one attached hydrogen (secondary N) is 2. The van der Waals surface area contributed by atoms with Crippen LogP contribution in [0.15, 0.2) is 0 Å². The summed E-state index contributed by atoms with van der Waals surface area (Å²) in [7, 11) is 0. The van der Waals surface area contributed by atoms with Gasteiger partial charge in [0, 0.05) is 26.2 Å². The van der Waals surface area contributed by atoms with E-state index >= 15 is 0 Å². The molecule has 0 saturated carbocycles. The van der Waals surface area contributed by atoms with Crippen LogP contribution >= 0.6 is 0 Å². The number of hydrogen-bond acceptors (Lipinski definition) is 14.